The second-order valence-electron chi connectivity index (χ2n) is 5.29. The molecule has 1 rings (SSSR count). The van der Waals surface area contributed by atoms with E-state index in [1.807, 2.05) is 6.92 Å². The molecule has 0 aromatic heterocycles. The van der Waals surface area contributed by atoms with E-state index < -0.39 is 0 Å². The van der Waals surface area contributed by atoms with Gasteiger partial charge in [-0.15, -0.1) is 0 Å². The maximum atomic E-state index is 9.73. The molecule has 3 heteroatoms. The summed E-state index contributed by atoms with van der Waals surface area (Å²) in [6.45, 7) is 7.32. The van der Waals surface area contributed by atoms with Gasteiger partial charge in [-0.3, -0.25) is 4.90 Å². The summed E-state index contributed by atoms with van der Waals surface area (Å²) in [4.78, 5) is 2.48. The topological polar surface area (TPSA) is 49.5 Å². The summed E-state index contributed by atoms with van der Waals surface area (Å²) in [5.74, 6) is 0. The standard InChI is InChI=1S/C13H28N2O/c1-4-9-15(10(2)11(3)16)13-7-5-12(14)6-8-13/h10-13,16H,4-9,14H2,1-3H3. The van der Waals surface area contributed by atoms with Crippen molar-refractivity contribution < 1.29 is 5.11 Å². The molecule has 0 heterocycles. The molecule has 3 nitrogen and oxygen atoms in total. The molecule has 0 aromatic carbocycles. The summed E-state index contributed by atoms with van der Waals surface area (Å²) >= 11 is 0. The first kappa shape index (κ1) is 13.9. The molecule has 0 amide bonds. The van der Waals surface area contributed by atoms with Crippen LogP contribution in [0.1, 0.15) is 52.9 Å². The van der Waals surface area contributed by atoms with E-state index in [0.717, 1.165) is 25.8 Å². The van der Waals surface area contributed by atoms with Crippen LogP contribution >= 0.6 is 0 Å². The molecule has 1 saturated carbocycles. The van der Waals surface area contributed by atoms with Crippen LogP contribution in [0.4, 0.5) is 0 Å². The first-order valence-electron chi connectivity index (χ1n) is 6.75. The highest BCUT2D eigenvalue weighted by atomic mass is 16.3. The molecule has 2 atom stereocenters. The van der Waals surface area contributed by atoms with Crippen LogP contribution in [0.15, 0.2) is 0 Å². The Morgan fingerprint density at radius 3 is 2.25 bits per heavy atom. The van der Waals surface area contributed by atoms with Gasteiger partial charge >= 0.3 is 0 Å². The molecule has 16 heavy (non-hydrogen) atoms. The van der Waals surface area contributed by atoms with Crippen LogP contribution in [0.5, 0.6) is 0 Å². The SMILES string of the molecule is CCCN(C1CCC(N)CC1)C(C)C(C)O. The Balaban J connectivity index is 2.55. The first-order valence-corrected chi connectivity index (χ1v) is 6.75. The van der Waals surface area contributed by atoms with E-state index in [1.165, 1.54) is 12.8 Å². The fraction of sp³-hybridized carbons (Fsp3) is 1.00. The molecule has 0 aliphatic heterocycles. The molecular weight excluding hydrogens is 200 g/mol. The highest BCUT2D eigenvalue weighted by Crippen LogP contribution is 2.24. The average Bonchev–Trinajstić information content (AvgIpc) is 2.26. The summed E-state index contributed by atoms with van der Waals surface area (Å²) < 4.78 is 0. The van der Waals surface area contributed by atoms with Crippen molar-refractivity contribution in [3.63, 3.8) is 0 Å². The second kappa shape index (κ2) is 6.58. The lowest BCUT2D eigenvalue weighted by Gasteiger charge is -2.40. The number of nitrogens with two attached hydrogens (primary N) is 1. The van der Waals surface area contributed by atoms with Gasteiger partial charge in [-0.1, -0.05) is 6.92 Å². The van der Waals surface area contributed by atoms with Gasteiger partial charge in [0.2, 0.25) is 0 Å². The lowest BCUT2D eigenvalue weighted by molar-refractivity contribution is 0.0294. The highest BCUT2D eigenvalue weighted by molar-refractivity contribution is 4.85. The van der Waals surface area contributed by atoms with Crippen LogP contribution < -0.4 is 5.73 Å². The maximum Gasteiger partial charge on any atom is 0.0664 e. The fourth-order valence-corrected chi connectivity index (χ4v) is 2.69. The lowest BCUT2D eigenvalue weighted by atomic mass is 9.89. The van der Waals surface area contributed by atoms with Gasteiger partial charge in [0.15, 0.2) is 0 Å². The minimum Gasteiger partial charge on any atom is -0.392 e. The van der Waals surface area contributed by atoms with Crippen LogP contribution in [0.3, 0.4) is 0 Å². The van der Waals surface area contributed by atoms with Crippen LogP contribution in [-0.2, 0) is 0 Å². The fourth-order valence-electron chi connectivity index (χ4n) is 2.69. The van der Waals surface area contributed by atoms with Crippen LogP contribution in [-0.4, -0.2) is 40.8 Å². The van der Waals surface area contributed by atoms with E-state index in [-0.39, 0.29) is 12.1 Å². The lowest BCUT2D eigenvalue weighted by Crippen LogP contribution is -2.49. The number of aliphatic hydroxyl groups is 1. The van der Waals surface area contributed by atoms with Gasteiger partial charge in [-0.05, 0) is 52.5 Å². The number of hydrogen-bond acceptors (Lipinski definition) is 3. The van der Waals surface area contributed by atoms with Gasteiger partial charge in [-0.25, -0.2) is 0 Å². The first-order chi connectivity index (χ1) is 7.56. The van der Waals surface area contributed by atoms with Crippen molar-refractivity contribution in [1.82, 2.24) is 4.90 Å². The molecule has 3 N–H and O–H groups in total. The zero-order valence-corrected chi connectivity index (χ0v) is 11.0. The van der Waals surface area contributed by atoms with Gasteiger partial charge in [0.1, 0.15) is 0 Å². The van der Waals surface area contributed by atoms with Gasteiger partial charge in [0.05, 0.1) is 6.10 Å². The third-order valence-corrected chi connectivity index (χ3v) is 3.91. The molecule has 0 saturated heterocycles. The Bertz CT molecular complexity index is 188. The molecular formula is C13H28N2O. The number of rotatable bonds is 5. The van der Waals surface area contributed by atoms with Crippen molar-refractivity contribution in [2.24, 2.45) is 5.73 Å². The summed E-state index contributed by atoms with van der Waals surface area (Å²) in [5.41, 5.74) is 5.94. The molecule has 0 aromatic rings. The maximum absolute atomic E-state index is 9.73. The molecule has 1 aliphatic rings. The van der Waals surface area contributed by atoms with Crippen LogP contribution in [0, 0.1) is 0 Å². The third-order valence-electron chi connectivity index (χ3n) is 3.91. The van der Waals surface area contributed by atoms with E-state index >= 15 is 0 Å². The number of hydrogen-bond donors (Lipinski definition) is 2. The van der Waals surface area contributed by atoms with E-state index in [2.05, 4.69) is 18.7 Å². The molecule has 0 bridgehead atoms. The van der Waals surface area contributed by atoms with Crippen molar-refractivity contribution >= 4 is 0 Å². The summed E-state index contributed by atoms with van der Waals surface area (Å²) in [7, 11) is 0. The third kappa shape index (κ3) is 3.72. The molecule has 1 fully saturated rings. The minimum atomic E-state index is -0.248. The van der Waals surface area contributed by atoms with E-state index in [4.69, 9.17) is 5.73 Å². The Labute approximate surface area is 100 Å². The zero-order chi connectivity index (χ0) is 12.1. The zero-order valence-electron chi connectivity index (χ0n) is 11.0. The smallest absolute Gasteiger partial charge is 0.0664 e. The monoisotopic (exact) mass is 228 g/mol. The van der Waals surface area contributed by atoms with Crippen molar-refractivity contribution in [1.29, 1.82) is 0 Å². The van der Waals surface area contributed by atoms with Crippen LogP contribution in [0.2, 0.25) is 0 Å². The molecule has 1 aliphatic carbocycles. The Morgan fingerprint density at radius 1 is 1.25 bits per heavy atom. The van der Waals surface area contributed by atoms with Gasteiger partial charge in [0.25, 0.3) is 0 Å². The predicted octanol–water partition coefficient (Wildman–Crippen LogP) is 1.74. The van der Waals surface area contributed by atoms with E-state index in [1.54, 1.807) is 0 Å². The van der Waals surface area contributed by atoms with Crippen molar-refractivity contribution in [3.05, 3.63) is 0 Å². The normalized spacial score (nSPS) is 30.4. The van der Waals surface area contributed by atoms with Crippen molar-refractivity contribution in [3.8, 4) is 0 Å². The highest BCUT2D eigenvalue weighted by Gasteiger charge is 2.28. The molecule has 0 spiro atoms. The summed E-state index contributed by atoms with van der Waals surface area (Å²) in [6.07, 6.45) is 5.56. The van der Waals surface area contributed by atoms with E-state index in [9.17, 15) is 5.11 Å². The van der Waals surface area contributed by atoms with Gasteiger partial charge in [-0.2, -0.15) is 0 Å². The number of nitrogens with zero attached hydrogens (tertiary/aromatic N) is 1. The Morgan fingerprint density at radius 2 is 1.81 bits per heavy atom. The second-order valence-corrected chi connectivity index (χ2v) is 5.29. The number of aliphatic hydroxyl groups excluding tert-OH is 1. The summed E-state index contributed by atoms with van der Waals surface area (Å²) in [6, 6.07) is 1.30. The molecule has 0 radical (unpaired) electrons. The van der Waals surface area contributed by atoms with E-state index in [0.29, 0.717) is 12.1 Å². The van der Waals surface area contributed by atoms with Gasteiger partial charge < -0.3 is 10.8 Å². The molecule has 96 valence electrons. The van der Waals surface area contributed by atoms with Crippen molar-refractivity contribution in [2.75, 3.05) is 6.54 Å². The Hall–Kier alpha value is -0.120. The predicted molar refractivity (Wildman–Crippen MR) is 68.4 cm³/mol. The molecule has 2 unspecified atom stereocenters. The largest absolute Gasteiger partial charge is 0.392 e. The quantitative estimate of drug-likeness (QED) is 0.753. The van der Waals surface area contributed by atoms with Crippen LogP contribution in [0.25, 0.3) is 0 Å². The van der Waals surface area contributed by atoms with Gasteiger partial charge in [0, 0.05) is 18.1 Å². The minimum absolute atomic E-state index is 0.248. The summed E-state index contributed by atoms with van der Waals surface area (Å²) in [5, 5.41) is 9.73. The average molecular weight is 228 g/mol. The Kier molecular flexibility index (Phi) is 5.73. The van der Waals surface area contributed by atoms with Crippen molar-refractivity contribution in [2.45, 2.75) is 77.1 Å².